The molecule has 4 nitrogen and oxygen atoms in total. The topological polar surface area (TPSA) is 63.6 Å². The Hall–Kier alpha value is -2.62. The lowest BCUT2D eigenvalue weighted by molar-refractivity contribution is 0.0696. The van der Waals surface area contributed by atoms with Crippen LogP contribution < -0.4 is 4.74 Å². The van der Waals surface area contributed by atoms with Gasteiger partial charge in [-0.15, -0.1) is 0 Å². The van der Waals surface area contributed by atoms with Gasteiger partial charge in [0.1, 0.15) is 5.75 Å². The van der Waals surface area contributed by atoms with Crippen molar-refractivity contribution in [2.24, 2.45) is 0 Å². The quantitative estimate of drug-likeness (QED) is 0.627. The predicted molar refractivity (Wildman–Crippen MR) is 100 cm³/mol. The highest BCUT2D eigenvalue weighted by Crippen LogP contribution is 2.45. The van der Waals surface area contributed by atoms with E-state index in [-0.39, 0.29) is 16.4 Å². The fourth-order valence-electron chi connectivity index (χ4n) is 3.55. The molecule has 3 rings (SSSR count). The van der Waals surface area contributed by atoms with E-state index in [9.17, 15) is 9.59 Å². The van der Waals surface area contributed by atoms with E-state index < -0.39 is 11.9 Å². The number of aromatic carboxylic acids is 1. The molecule has 136 valence electrons. The van der Waals surface area contributed by atoms with Gasteiger partial charge in [-0.3, -0.25) is 0 Å². The third kappa shape index (κ3) is 3.36. The number of hydrogen-bond acceptors (Lipinski definition) is 3. The average molecular weight is 352 g/mol. The standard InChI is InChI=1S/C22H24O4/c1-21(2)11-12-22(3,4)18-13-15(7-10-17(18)21)20(25)26-16-8-5-14(6-9-16)19(23)24/h5-10,13H,11-12H2,1-4H3,(H,23,24). The highest BCUT2D eigenvalue weighted by molar-refractivity contribution is 5.92. The number of benzene rings is 2. The zero-order valence-electron chi connectivity index (χ0n) is 15.6. The number of esters is 1. The van der Waals surface area contributed by atoms with Crippen LogP contribution in [-0.2, 0) is 10.8 Å². The predicted octanol–water partition coefficient (Wildman–Crippen LogP) is 4.95. The third-order valence-electron chi connectivity index (χ3n) is 5.40. The van der Waals surface area contributed by atoms with Gasteiger partial charge >= 0.3 is 11.9 Å². The highest BCUT2D eigenvalue weighted by Gasteiger charge is 2.37. The molecule has 0 unspecified atom stereocenters. The smallest absolute Gasteiger partial charge is 0.343 e. The van der Waals surface area contributed by atoms with Crippen LogP contribution in [0.3, 0.4) is 0 Å². The van der Waals surface area contributed by atoms with Gasteiger partial charge in [-0.05, 0) is 71.2 Å². The summed E-state index contributed by atoms with van der Waals surface area (Å²) in [7, 11) is 0. The molecule has 2 aromatic carbocycles. The number of hydrogen-bond donors (Lipinski definition) is 1. The van der Waals surface area contributed by atoms with Crippen LogP contribution in [-0.4, -0.2) is 17.0 Å². The number of carboxylic acid groups (broad SMARTS) is 1. The molecule has 0 aliphatic heterocycles. The van der Waals surface area contributed by atoms with Crippen molar-refractivity contribution in [3.05, 3.63) is 64.7 Å². The minimum absolute atomic E-state index is 0.0181. The highest BCUT2D eigenvalue weighted by atomic mass is 16.5. The minimum atomic E-state index is -1.01. The van der Waals surface area contributed by atoms with Gasteiger partial charge in [0.25, 0.3) is 0 Å². The van der Waals surface area contributed by atoms with E-state index >= 15 is 0 Å². The van der Waals surface area contributed by atoms with E-state index in [4.69, 9.17) is 9.84 Å². The first-order valence-electron chi connectivity index (χ1n) is 8.81. The maximum Gasteiger partial charge on any atom is 0.343 e. The van der Waals surface area contributed by atoms with Gasteiger partial charge in [0.05, 0.1) is 11.1 Å². The zero-order chi connectivity index (χ0) is 19.1. The Kier molecular flexibility index (Phi) is 4.39. The van der Waals surface area contributed by atoms with Crippen LogP contribution in [0.4, 0.5) is 0 Å². The summed E-state index contributed by atoms with van der Waals surface area (Å²) in [6, 6.07) is 11.6. The molecule has 0 fully saturated rings. The zero-order valence-corrected chi connectivity index (χ0v) is 15.6. The molecule has 1 aliphatic carbocycles. The molecule has 0 heterocycles. The van der Waals surface area contributed by atoms with E-state index in [1.807, 2.05) is 18.2 Å². The number of carboxylic acids is 1. The van der Waals surface area contributed by atoms with E-state index in [1.165, 1.54) is 35.4 Å². The number of carbonyl (C=O) groups is 2. The lowest BCUT2D eigenvalue weighted by Gasteiger charge is -2.41. The molecule has 2 aromatic rings. The number of ether oxygens (including phenoxy) is 1. The SMILES string of the molecule is CC1(C)CCC(C)(C)c2cc(C(=O)Oc3ccc(C(=O)O)cc3)ccc21. The van der Waals surface area contributed by atoms with Crippen molar-refractivity contribution in [3.63, 3.8) is 0 Å². The van der Waals surface area contributed by atoms with Crippen molar-refractivity contribution in [2.45, 2.75) is 51.4 Å². The second-order valence-electron chi connectivity index (χ2n) is 8.25. The van der Waals surface area contributed by atoms with E-state index in [0.717, 1.165) is 12.8 Å². The molecule has 1 aliphatic rings. The Labute approximate surface area is 153 Å². The molecule has 0 spiro atoms. The normalized spacial score (nSPS) is 17.2. The van der Waals surface area contributed by atoms with Crippen molar-refractivity contribution in [1.82, 2.24) is 0 Å². The molecular formula is C22H24O4. The average Bonchev–Trinajstić information content (AvgIpc) is 2.59. The van der Waals surface area contributed by atoms with Gasteiger partial charge in [-0.2, -0.15) is 0 Å². The number of carbonyl (C=O) groups excluding carboxylic acids is 1. The van der Waals surface area contributed by atoms with Crippen LogP contribution in [0.25, 0.3) is 0 Å². The molecule has 0 radical (unpaired) electrons. The van der Waals surface area contributed by atoms with Crippen LogP contribution in [0.2, 0.25) is 0 Å². The molecule has 1 N–H and O–H groups in total. The first-order chi connectivity index (χ1) is 12.1. The molecule has 0 atom stereocenters. The fraction of sp³-hybridized carbons (Fsp3) is 0.364. The summed E-state index contributed by atoms with van der Waals surface area (Å²) in [5, 5.41) is 8.93. The van der Waals surface area contributed by atoms with Gasteiger partial charge in [0, 0.05) is 0 Å². The Morgan fingerprint density at radius 1 is 0.846 bits per heavy atom. The summed E-state index contributed by atoms with van der Waals surface area (Å²) in [6.07, 6.45) is 2.19. The second kappa shape index (κ2) is 6.27. The largest absolute Gasteiger partial charge is 0.478 e. The van der Waals surface area contributed by atoms with Crippen molar-refractivity contribution in [2.75, 3.05) is 0 Å². The van der Waals surface area contributed by atoms with E-state index in [2.05, 4.69) is 27.7 Å². The minimum Gasteiger partial charge on any atom is -0.478 e. The molecule has 0 amide bonds. The second-order valence-corrected chi connectivity index (χ2v) is 8.25. The summed E-state index contributed by atoms with van der Waals surface area (Å²) < 4.78 is 5.41. The molecule has 4 heteroatoms. The van der Waals surface area contributed by atoms with Gasteiger partial charge in [0.15, 0.2) is 0 Å². The van der Waals surface area contributed by atoms with Gasteiger partial charge in [-0.25, -0.2) is 9.59 Å². The monoisotopic (exact) mass is 352 g/mol. The first kappa shape index (κ1) is 18.2. The Morgan fingerprint density at radius 3 is 1.96 bits per heavy atom. The van der Waals surface area contributed by atoms with Crippen molar-refractivity contribution >= 4 is 11.9 Å². The lowest BCUT2D eigenvalue weighted by atomic mass is 9.63. The van der Waals surface area contributed by atoms with Crippen molar-refractivity contribution in [1.29, 1.82) is 0 Å². The van der Waals surface area contributed by atoms with Crippen molar-refractivity contribution in [3.8, 4) is 5.75 Å². The van der Waals surface area contributed by atoms with Crippen LogP contribution in [0.1, 0.15) is 72.4 Å². The van der Waals surface area contributed by atoms with Gasteiger partial charge in [0.2, 0.25) is 0 Å². The van der Waals surface area contributed by atoms with Crippen LogP contribution in [0.15, 0.2) is 42.5 Å². The van der Waals surface area contributed by atoms with Crippen LogP contribution in [0, 0.1) is 0 Å². The van der Waals surface area contributed by atoms with Crippen LogP contribution >= 0.6 is 0 Å². The maximum absolute atomic E-state index is 12.6. The van der Waals surface area contributed by atoms with Gasteiger partial charge < -0.3 is 9.84 Å². The van der Waals surface area contributed by atoms with E-state index in [0.29, 0.717) is 11.3 Å². The number of fused-ring (bicyclic) bond motifs is 1. The third-order valence-corrected chi connectivity index (χ3v) is 5.40. The summed E-state index contributed by atoms with van der Waals surface area (Å²) >= 11 is 0. The summed E-state index contributed by atoms with van der Waals surface area (Å²) in [5.41, 5.74) is 3.27. The molecule has 0 bridgehead atoms. The van der Waals surface area contributed by atoms with Gasteiger partial charge in [-0.1, -0.05) is 33.8 Å². The van der Waals surface area contributed by atoms with E-state index in [1.54, 1.807) is 0 Å². The molecule has 0 aromatic heterocycles. The lowest BCUT2D eigenvalue weighted by Crippen LogP contribution is -2.34. The molecule has 0 saturated carbocycles. The molecule has 26 heavy (non-hydrogen) atoms. The Balaban J connectivity index is 1.88. The summed E-state index contributed by atoms with van der Waals surface area (Å²) in [4.78, 5) is 23.5. The Bertz CT molecular complexity index is 860. The summed E-state index contributed by atoms with van der Waals surface area (Å²) in [5.74, 6) is -1.12. The summed E-state index contributed by atoms with van der Waals surface area (Å²) in [6.45, 7) is 8.90. The molecular weight excluding hydrogens is 328 g/mol. The molecule has 0 saturated heterocycles. The fourth-order valence-corrected chi connectivity index (χ4v) is 3.55. The first-order valence-corrected chi connectivity index (χ1v) is 8.81. The van der Waals surface area contributed by atoms with Crippen molar-refractivity contribution < 1.29 is 19.4 Å². The number of rotatable bonds is 3. The maximum atomic E-state index is 12.6. The van der Waals surface area contributed by atoms with Crippen LogP contribution in [0.5, 0.6) is 5.75 Å². The Morgan fingerprint density at radius 2 is 1.38 bits per heavy atom.